The number of alkyl halides is 3. The normalized spacial score (nSPS) is 26.4. The van der Waals surface area contributed by atoms with Gasteiger partial charge in [-0.2, -0.15) is 13.2 Å². The van der Waals surface area contributed by atoms with Crippen LogP contribution in [0.1, 0.15) is 62.3 Å². The Bertz CT molecular complexity index is 1580. The van der Waals surface area contributed by atoms with E-state index in [2.05, 4.69) is 22.1 Å². The Morgan fingerprint density at radius 1 is 1.20 bits per heavy atom. The molecular weight excluding hydrogens is 533 g/mol. The molecule has 8 nitrogen and oxygen atoms in total. The first-order chi connectivity index (χ1) is 19.5. The zero-order chi connectivity index (χ0) is 29.1. The summed E-state index contributed by atoms with van der Waals surface area (Å²) in [7, 11) is 3.56. The minimum atomic E-state index is -4.62. The molecule has 0 spiro atoms. The summed E-state index contributed by atoms with van der Waals surface area (Å²) in [5.41, 5.74) is -0.111. The number of methoxy groups -OCH3 is 1. The molecule has 1 aromatic carbocycles. The Kier molecular flexibility index (Phi) is 6.93. The Morgan fingerprint density at radius 2 is 1.98 bits per heavy atom. The molecule has 1 saturated heterocycles. The van der Waals surface area contributed by atoms with E-state index in [0.29, 0.717) is 30.0 Å². The molecule has 0 unspecified atom stereocenters. The van der Waals surface area contributed by atoms with E-state index in [4.69, 9.17) is 4.74 Å². The molecular formula is C30H35F3N6O2+. The van der Waals surface area contributed by atoms with Gasteiger partial charge in [0.25, 0.3) is 0 Å². The number of ether oxygens (including phenoxy) is 1. The summed E-state index contributed by atoms with van der Waals surface area (Å²) in [5, 5.41) is 8.44. The lowest BCUT2D eigenvalue weighted by Gasteiger charge is -2.46. The molecule has 217 valence electrons. The maximum Gasteiger partial charge on any atom is 0.418 e. The molecule has 41 heavy (non-hydrogen) atoms. The van der Waals surface area contributed by atoms with Gasteiger partial charge in [0.15, 0.2) is 0 Å². The summed E-state index contributed by atoms with van der Waals surface area (Å²) in [5.74, 6) is 0.479. The van der Waals surface area contributed by atoms with Crippen molar-refractivity contribution >= 4 is 11.9 Å². The largest absolute Gasteiger partial charge is 0.418 e. The van der Waals surface area contributed by atoms with E-state index in [0.717, 1.165) is 42.1 Å². The van der Waals surface area contributed by atoms with Crippen molar-refractivity contribution in [3.8, 4) is 5.69 Å². The van der Waals surface area contributed by atoms with Crippen molar-refractivity contribution in [3.05, 3.63) is 76.1 Å². The number of halogens is 3. The van der Waals surface area contributed by atoms with Crippen LogP contribution < -0.4 is 5.69 Å². The van der Waals surface area contributed by atoms with Crippen LogP contribution in [0.25, 0.3) is 11.2 Å². The van der Waals surface area contributed by atoms with Gasteiger partial charge in [-0.05, 0) is 79.5 Å². The first-order valence-electron chi connectivity index (χ1n) is 14.1. The molecule has 1 radical (unpaired) electrons. The van der Waals surface area contributed by atoms with Crippen LogP contribution in [0.15, 0.2) is 57.7 Å². The maximum absolute atomic E-state index is 14.4. The van der Waals surface area contributed by atoms with Crippen LogP contribution >= 0.6 is 0 Å². The van der Waals surface area contributed by atoms with E-state index in [-0.39, 0.29) is 17.7 Å². The summed E-state index contributed by atoms with van der Waals surface area (Å²) in [6.45, 7) is 5.73. The Labute approximate surface area is 236 Å². The van der Waals surface area contributed by atoms with Crippen molar-refractivity contribution in [1.29, 1.82) is 0 Å². The molecule has 4 heterocycles. The molecule has 0 bridgehead atoms. The van der Waals surface area contributed by atoms with Crippen LogP contribution in [0.3, 0.4) is 0 Å². The second-order valence-electron chi connectivity index (χ2n) is 11.8. The third kappa shape index (κ3) is 4.72. The summed E-state index contributed by atoms with van der Waals surface area (Å²) in [4.78, 5) is 15.9. The molecule has 0 amide bonds. The Balaban J connectivity index is 1.44. The number of rotatable bonds is 6. The molecule has 2 atom stereocenters. The predicted molar refractivity (Wildman–Crippen MR) is 148 cm³/mol. The van der Waals surface area contributed by atoms with Gasteiger partial charge in [0.1, 0.15) is 0 Å². The molecule has 2 aliphatic heterocycles. The van der Waals surface area contributed by atoms with Crippen LogP contribution in [0.2, 0.25) is 0 Å². The number of fused-ring (bicyclic) bond motifs is 1. The number of benzene rings is 1. The fourth-order valence-electron chi connectivity index (χ4n) is 6.74. The van der Waals surface area contributed by atoms with Crippen molar-refractivity contribution in [2.45, 2.75) is 63.3 Å². The highest BCUT2D eigenvalue weighted by Crippen LogP contribution is 2.53. The molecule has 6 rings (SSSR count). The standard InChI is InChI=1S/C30H35F3N6O2/c1-19-7-6-10-37(15-19)20(2)21-11-25(30(31,32)33)26-17-38(28(40)39(26)16-21)23-9-5-8-22(12-23)29(13-24(14-29)41-4)27-35-34-18-36(27)3/h5,8-9,11-12,16-20,24H,6-7,10,13-15H2,1-4H3/q+1/t19-,20+,24?,29?/m0/s1. The zero-order valence-electron chi connectivity index (χ0n) is 23.7. The molecule has 3 aliphatic rings. The number of likely N-dealkylation sites (N-methyl/N-ethyl adjacent to an activating group) is 1. The van der Waals surface area contributed by atoms with Gasteiger partial charge in [-0.1, -0.05) is 19.1 Å². The van der Waals surface area contributed by atoms with Gasteiger partial charge < -0.3 is 4.74 Å². The zero-order valence-corrected chi connectivity index (χ0v) is 23.7. The van der Waals surface area contributed by atoms with Crippen molar-refractivity contribution in [2.75, 3.05) is 27.2 Å². The number of imidazole rings is 1. The average Bonchev–Trinajstić information content (AvgIpc) is 3.50. The number of hydrogen-bond acceptors (Lipinski definition) is 5. The number of pyridine rings is 1. The second-order valence-corrected chi connectivity index (χ2v) is 11.8. The van der Waals surface area contributed by atoms with Crippen LogP contribution in [-0.2, 0) is 16.3 Å². The van der Waals surface area contributed by atoms with Crippen molar-refractivity contribution in [2.24, 2.45) is 16.1 Å². The van der Waals surface area contributed by atoms with E-state index in [9.17, 15) is 18.0 Å². The number of nitrogens with zero attached hydrogens (tertiary/aromatic N) is 6. The van der Waals surface area contributed by atoms with E-state index < -0.39 is 22.8 Å². The number of piperidine rings is 1. The minimum absolute atomic E-state index is 0.0489. The number of likely N-dealkylation sites (tertiary alicyclic amines) is 1. The van der Waals surface area contributed by atoms with Crippen molar-refractivity contribution in [1.82, 2.24) is 13.9 Å². The number of aromatic nitrogens is 2. The lowest BCUT2D eigenvalue weighted by Crippen LogP contribution is -2.51. The molecule has 11 heteroatoms. The molecule has 2 fully saturated rings. The topological polar surface area (TPSA) is 66.6 Å². The van der Waals surface area contributed by atoms with Gasteiger partial charge in [-0.3, -0.25) is 13.9 Å². The van der Waals surface area contributed by atoms with Crippen molar-refractivity contribution in [3.63, 3.8) is 0 Å². The third-order valence-electron chi connectivity index (χ3n) is 9.11. The van der Waals surface area contributed by atoms with Crippen LogP contribution in [0, 0.1) is 12.1 Å². The Hall–Kier alpha value is -3.31. The summed E-state index contributed by atoms with van der Waals surface area (Å²) in [6, 6.07) is 8.36. The van der Waals surface area contributed by atoms with Gasteiger partial charge in [0.2, 0.25) is 0 Å². The first-order valence-corrected chi connectivity index (χ1v) is 14.1. The molecule has 0 N–H and O–H groups in total. The highest BCUT2D eigenvalue weighted by atomic mass is 19.4. The van der Waals surface area contributed by atoms with Crippen LogP contribution in [-0.4, -0.2) is 58.1 Å². The quantitative estimate of drug-likeness (QED) is 0.365. The molecule has 2 aromatic heterocycles. The van der Waals surface area contributed by atoms with Gasteiger partial charge in [-0.15, -0.1) is 0 Å². The summed E-state index contributed by atoms with van der Waals surface area (Å²) >= 11 is 0. The second kappa shape index (κ2) is 10.2. The summed E-state index contributed by atoms with van der Waals surface area (Å²) < 4.78 is 53.1. The van der Waals surface area contributed by atoms with Gasteiger partial charge >= 0.3 is 24.4 Å². The lowest BCUT2D eigenvalue weighted by molar-refractivity contribution is -0.489. The fourth-order valence-corrected chi connectivity index (χ4v) is 6.74. The maximum atomic E-state index is 14.4. The highest BCUT2D eigenvalue weighted by molar-refractivity contribution is 5.58. The van der Waals surface area contributed by atoms with Crippen LogP contribution in [0.4, 0.5) is 13.2 Å². The highest BCUT2D eigenvalue weighted by Gasteiger charge is 2.58. The molecule has 3 aromatic rings. The summed E-state index contributed by atoms with van der Waals surface area (Å²) in [6.07, 6.45) is 4.22. The fraction of sp³-hybridized carbons (Fsp3) is 0.500. The first kappa shape index (κ1) is 27.8. The monoisotopic (exact) mass is 568 g/mol. The SMILES string of the molecule is COC1CC([C]2N=NC=[N+]2C)(c2cccc(-n3cc4c(C(F)(F)F)cc([C@@H](C)N5CCC[C@H](C)C5)cn4c3=O)c2)C1. The van der Waals surface area contributed by atoms with Crippen molar-refractivity contribution < 1.29 is 22.5 Å². The Morgan fingerprint density at radius 3 is 2.63 bits per heavy atom. The molecule has 1 saturated carbocycles. The lowest BCUT2D eigenvalue weighted by atomic mass is 9.60. The van der Waals surface area contributed by atoms with E-state index in [1.54, 1.807) is 25.7 Å². The number of azo groups is 1. The van der Waals surface area contributed by atoms with Gasteiger partial charge in [0, 0.05) is 32.1 Å². The van der Waals surface area contributed by atoms with E-state index >= 15 is 0 Å². The third-order valence-corrected chi connectivity index (χ3v) is 9.11. The van der Waals surface area contributed by atoms with E-state index in [1.165, 1.54) is 16.8 Å². The van der Waals surface area contributed by atoms with Crippen LogP contribution in [0.5, 0.6) is 0 Å². The molecule has 1 aliphatic carbocycles. The predicted octanol–water partition coefficient (Wildman–Crippen LogP) is 5.57. The average molecular weight is 569 g/mol. The number of hydrogen-bond donors (Lipinski definition) is 0. The smallest absolute Gasteiger partial charge is 0.381 e. The van der Waals surface area contributed by atoms with E-state index in [1.807, 2.05) is 36.7 Å². The minimum Gasteiger partial charge on any atom is -0.381 e. The van der Waals surface area contributed by atoms with Gasteiger partial charge in [-0.25, -0.2) is 9.37 Å². The van der Waals surface area contributed by atoms with Gasteiger partial charge in [0.05, 0.1) is 40.4 Å².